The highest BCUT2D eigenvalue weighted by atomic mass is 16.5. The molecule has 0 spiro atoms. The number of nitrogens with one attached hydrogen (secondary N) is 2. The van der Waals surface area contributed by atoms with Gasteiger partial charge in [0.1, 0.15) is 11.3 Å². The van der Waals surface area contributed by atoms with Crippen LogP contribution in [0.2, 0.25) is 0 Å². The van der Waals surface area contributed by atoms with E-state index < -0.39 is 35.7 Å². The smallest absolute Gasteiger partial charge is 0.315 e. The Hall–Kier alpha value is -5.12. The van der Waals surface area contributed by atoms with Crippen LogP contribution >= 0.6 is 0 Å². The average molecular weight is 543 g/mol. The van der Waals surface area contributed by atoms with E-state index in [1.165, 1.54) is 16.7 Å². The molecule has 3 amide bonds. The third-order valence-corrected chi connectivity index (χ3v) is 6.31. The fourth-order valence-electron chi connectivity index (χ4n) is 4.38. The standard InChI is InChI=1S/C30H30N4O6/c31-30(39)33-26(13-7-10-20-8-3-1-4-9-20)40-23-16-14-22-15-17-24(29(38)34(22)19-23)28(37)32-25(18-27(35)36)21-11-5-2-6-12-21/h1-6,8-9,11-12,14-17,19,25-26H,7,10,13,18H2,(H,32,37)(H,35,36)(H3,31,33,39). The number of amides is 3. The van der Waals surface area contributed by atoms with Crippen LogP contribution in [0.15, 0.2) is 95.9 Å². The lowest BCUT2D eigenvalue weighted by atomic mass is 10.0. The van der Waals surface area contributed by atoms with E-state index in [1.54, 1.807) is 48.5 Å². The van der Waals surface area contributed by atoms with Gasteiger partial charge in [-0.2, -0.15) is 0 Å². The van der Waals surface area contributed by atoms with Crippen molar-refractivity contribution in [3.05, 3.63) is 118 Å². The monoisotopic (exact) mass is 542 g/mol. The Morgan fingerprint density at radius 3 is 2.25 bits per heavy atom. The predicted octanol–water partition coefficient (Wildman–Crippen LogP) is 3.64. The SMILES string of the molecule is NC(=O)NC(CCCc1ccccc1)Oc1ccc2ccc(C(=O)NC(CC(=O)O)c3ccccc3)c(=O)n2c1. The molecular weight excluding hydrogens is 512 g/mol. The van der Waals surface area contributed by atoms with Crippen LogP contribution in [0.4, 0.5) is 4.79 Å². The van der Waals surface area contributed by atoms with Crippen molar-refractivity contribution in [2.75, 3.05) is 0 Å². The normalized spacial score (nSPS) is 12.3. The second-order valence-electron chi connectivity index (χ2n) is 9.24. The number of benzene rings is 2. The fraction of sp³-hybridized carbons (Fsp3) is 0.200. The Kier molecular flexibility index (Phi) is 9.14. The highest BCUT2D eigenvalue weighted by Gasteiger charge is 2.21. The van der Waals surface area contributed by atoms with E-state index in [4.69, 9.17) is 10.5 Å². The molecule has 0 saturated carbocycles. The summed E-state index contributed by atoms with van der Waals surface area (Å²) in [6, 6.07) is 23.3. The molecule has 40 heavy (non-hydrogen) atoms. The number of carboxylic acid groups (broad SMARTS) is 1. The highest BCUT2D eigenvalue weighted by Crippen LogP contribution is 2.19. The number of primary amides is 1. The second kappa shape index (κ2) is 13.1. The molecule has 2 unspecified atom stereocenters. The number of hydrogen-bond acceptors (Lipinski definition) is 5. The summed E-state index contributed by atoms with van der Waals surface area (Å²) in [4.78, 5) is 49.4. The molecule has 4 aromatic rings. The van der Waals surface area contributed by atoms with Crippen LogP contribution in [-0.4, -0.2) is 33.6 Å². The second-order valence-corrected chi connectivity index (χ2v) is 9.24. The van der Waals surface area contributed by atoms with Gasteiger partial charge in [0, 0.05) is 11.9 Å². The van der Waals surface area contributed by atoms with Gasteiger partial charge in [-0.1, -0.05) is 60.7 Å². The molecule has 2 atom stereocenters. The number of pyridine rings is 2. The predicted molar refractivity (Wildman–Crippen MR) is 149 cm³/mol. The van der Waals surface area contributed by atoms with Crippen molar-refractivity contribution in [2.45, 2.75) is 38.0 Å². The molecule has 0 aliphatic carbocycles. The largest absolute Gasteiger partial charge is 0.481 e. The van der Waals surface area contributed by atoms with Gasteiger partial charge in [0.25, 0.3) is 11.5 Å². The summed E-state index contributed by atoms with van der Waals surface area (Å²) in [5, 5.41) is 14.6. The molecule has 0 aliphatic rings. The van der Waals surface area contributed by atoms with Crippen molar-refractivity contribution in [3.63, 3.8) is 0 Å². The molecule has 0 radical (unpaired) electrons. The number of aryl methyl sites for hydroxylation is 1. The summed E-state index contributed by atoms with van der Waals surface area (Å²) >= 11 is 0. The van der Waals surface area contributed by atoms with E-state index in [-0.39, 0.29) is 12.0 Å². The van der Waals surface area contributed by atoms with Gasteiger partial charge in [-0.25, -0.2) is 4.79 Å². The Balaban J connectivity index is 1.52. The molecule has 206 valence electrons. The summed E-state index contributed by atoms with van der Waals surface area (Å²) in [5.41, 5.74) is 6.86. The lowest BCUT2D eigenvalue weighted by molar-refractivity contribution is -0.137. The van der Waals surface area contributed by atoms with Crippen molar-refractivity contribution >= 4 is 23.4 Å². The Morgan fingerprint density at radius 1 is 0.900 bits per heavy atom. The molecule has 0 saturated heterocycles. The maximum atomic E-state index is 13.3. The van der Waals surface area contributed by atoms with Crippen LogP contribution < -0.4 is 26.7 Å². The molecule has 2 heterocycles. The number of fused-ring (bicyclic) bond motifs is 1. The number of aromatic nitrogens is 1. The van der Waals surface area contributed by atoms with Crippen molar-refractivity contribution in [1.29, 1.82) is 0 Å². The first-order chi connectivity index (χ1) is 19.3. The fourth-order valence-corrected chi connectivity index (χ4v) is 4.38. The molecule has 10 nitrogen and oxygen atoms in total. The Morgan fingerprint density at radius 2 is 1.57 bits per heavy atom. The number of carbonyl (C=O) groups excluding carboxylic acids is 2. The zero-order valence-corrected chi connectivity index (χ0v) is 21.7. The first-order valence-electron chi connectivity index (χ1n) is 12.8. The van der Waals surface area contributed by atoms with Crippen molar-refractivity contribution in [3.8, 4) is 5.75 Å². The third kappa shape index (κ3) is 7.47. The number of nitrogens with two attached hydrogens (primary N) is 1. The first kappa shape index (κ1) is 27.9. The van der Waals surface area contributed by atoms with Crippen LogP contribution in [0.25, 0.3) is 5.52 Å². The van der Waals surface area contributed by atoms with Crippen molar-refractivity contribution in [1.82, 2.24) is 15.0 Å². The molecule has 10 heteroatoms. The van der Waals surface area contributed by atoms with E-state index in [0.29, 0.717) is 29.7 Å². The Labute approximate surface area is 230 Å². The summed E-state index contributed by atoms with van der Waals surface area (Å²) in [6.45, 7) is 0. The number of hydrogen-bond donors (Lipinski definition) is 4. The van der Waals surface area contributed by atoms with Crippen LogP contribution in [0, 0.1) is 0 Å². The number of nitrogens with zero attached hydrogens (tertiary/aromatic N) is 1. The summed E-state index contributed by atoms with van der Waals surface area (Å²) in [6.07, 6.45) is 2.32. The zero-order valence-electron chi connectivity index (χ0n) is 21.7. The first-order valence-corrected chi connectivity index (χ1v) is 12.8. The minimum absolute atomic E-state index is 0.157. The lowest BCUT2D eigenvalue weighted by Gasteiger charge is -2.20. The topological polar surface area (TPSA) is 152 Å². The molecular formula is C30H30N4O6. The van der Waals surface area contributed by atoms with E-state index >= 15 is 0 Å². The van der Waals surface area contributed by atoms with E-state index in [1.807, 2.05) is 30.3 Å². The van der Waals surface area contributed by atoms with Crippen LogP contribution in [0.3, 0.4) is 0 Å². The minimum Gasteiger partial charge on any atom is -0.481 e. The number of urea groups is 1. The van der Waals surface area contributed by atoms with Crippen LogP contribution in [-0.2, 0) is 11.2 Å². The minimum atomic E-state index is -1.09. The lowest BCUT2D eigenvalue weighted by Crippen LogP contribution is -2.42. The molecule has 0 fully saturated rings. The van der Waals surface area contributed by atoms with Gasteiger partial charge in [-0.15, -0.1) is 0 Å². The molecule has 4 rings (SSSR count). The van der Waals surface area contributed by atoms with Crippen molar-refractivity contribution < 1.29 is 24.2 Å². The number of carboxylic acids is 1. The summed E-state index contributed by atoms with van der Waals surface area (Å²) < 4.78 is 7.22. The van der Waals surface area contributed by atoms with Crippen molar-refractivity contribution in [2.24, 2.45) is 5.73 Å². The van der Waals surface area contributed by atoms with Crippen LogP contribution in [0.1, 0.15) is 46.8 Å². The van der Waals surface area contributed by atoms with Gasteiger partial charge < -0.3 is 26.2 Å². The quantitative estimate of drug-likeness (QED) is 0.201. The third-order valence-electron chi connectivity index (χ3n) is 6.31. The van der Waals surface area contributed by atoms with Crippen LogP contribution in [0.5, 0.6) is 5.75 Å². The van der Waals surface area contributed by atoms with E-state index in [2.05, 4.69) is 10.6 Å². The van der Waals surface area contributed by atoms with E-state index in [0.717, 1.165) is 12.0 Å². The van der Waals surface area contributed by atoms with Gasteiger partial charge in [0.05, 0.1) is 18.7 Å². The molecule has 2 aromatic heterocycles. The Bertz CT molecular complexity index is 1540. The molecule has 0 aliphatic heterocycles. The van der Waals surface area contributed by atoms with Gasteiger partial charge >= 0.3 is 12.0 Å². The number of rotatable bonds is 12. The van der Waals surface area contributed by atoms with E-state index in [9.17, 15) is 24.3 Å². The summed E-state index contributed by atoms with van der Waals surface area (Å²) in [5.74, 6) is -1.50. The van der Waals surface area contributed by atoms with Gasteiger partial charge in [0.2, 0.25) is 0 Å². The van der Waals surface area contributed by atoms with Gasteiger partial charge in [-0.05, 0) is 48.2 Å². The van der Waals surface area contributed by atoms with Gasteiger partial charge in [-0.3, -0.25) is 18.8 Å². The number of ether oxygens (including phenoxy) is 1. The highest BCUT2D eigenvalue weighted by molar-refractivity contribution is 5.94. The number of carbonyl (C=O) groups is 3. The number of aliphatic carboxylic acids is 1. The molecule has 0 bridgehead atoms. The molecule has 2 aromatic carbocycles. The summed E-state index contributed by atoms with van der Waals surface area (Å²) in [7, 11) is 0. The van der Waals surface area contributed by atoms with Gasteiger partial charge in [0.15, 0.2) is 6.23 Å². The average Bonchev–Trinajstić information content (AvgIpc) is 2.93. The maximum absolute atomic E-state index is 13.3. The zero-order chi connectivity index (χ0) is 28.5. The molecule has 5 N–H and O–H groups in total. The maximum Gasteiger partial charge on any atom is 0.315 e.